The van der Waals surface area contributed by atoms with Crippen LogP contribution >= 0.6 is 23.4 Å². The zero-order valence-corrected chi connectivity index (χ0v) is 20.5. The Morgan fingerprint density at radius 3 is 1.84 bits per heavy atom. The maximum Gasteiger partial charge on any atom is 0.164 e. The van der Waals surface area contributed by atoms with Gasteiger partial charge in [0.1, 0.15) is 11.5 Å². The lowest BCUT2D eigenvalue weighted by Crippen LogP contribution is -2.28. The van der Waals surface area contributed by atoms with E-state index in [1.54, 1.807) is 26.0 Å². The van der Waals surface area contributed by atoms with Gasteiger partial charge >= 0.3 is 0 Å². The van der Waals surface area contributed by atoms with Gasteiger partial charge in [0.2, 0.25) is 0 Å². The molecular formula is C26H29ClN2O2S. The number of ether oxygens (including phenoxy) is 2. The molecule has 32 heavy (non-hydrogen) atoms. The van der Waals surface area contributed by atoms with Crippen LogP contribution in [0.4, 0.5) is 5.69 Å². The lowest BCUT2D eigenvalue weighted by atomic mass is 10.1. The minimum absolute atomic E-state index is 0.724. The Bertz CT molecular complexity index is 987. The number of halogens is 1. The summed E-state index contributed by atoms with van der Waals surface area (Å²) in [6.07, 6.45) is 0. The lowest BCUT2D eigenvalue weighted by molar-refractivity contribution is 0.405. The van der Waals surface area contributed by atoms with Crippen LogP contribution in [0.2, 0.25) is 5.02 Å². The fourth-order valence-electron chi connectivity index (χ4n) is 3.18. The second kappa shape index (κ2) is 11.8. The number of methoxy groups -OCH3 is 2. The number of nitrogens with zero attached hydrogens (tertiary/aromatic N) is 2. The van der Waals surface area contributed by atoms with Crippen LogP contribution in [0, 0.1) is 6.92 Å². The number of hydrogen-bond acceptors (Lipinski definition) is 4. The highest BCUT2D eigenvalue weighted by Gasteiger charge is 2.14. The van der Waals surface area contributed by atoms with Gasteiger partial charge in [0.15, 0.2) is 5.17 Å². The van der Waals surface area contributed by atoms with Crippen LogP contribution in [-0.4, -0.2) is 30.0 Å². The second-order valence-electron chi connectivity index (χ2n) is 7.31. The number of hydrogen-bond donors (Lipinski definition) is 0. The van der Waals surface area contributed by atoms with E-state index in [1.165, 1.54) is 11.1 Å². The van der Waals surface area contributed by atoms with E-state index in [-0.39, 0.29) is 0 Å². The van der Waals surface area contributed by atoms with Crippen molar-refractivity contribution < 1.29 is 9.47 Å². The van der Waals surface area contributed by atoms with Crippen LogP contribution in [0.5, 0.6) is 11.5 Å². The zero-order chi connectivity index (χ0) is 22.9. The molecule has 0 heterocycles. The Morgan fingerprint density at radius 1 is 0.875 bits per heavy atom. The second-order valence-corrected chi connectivity index (χ2v) is 8.95. The first-order valence-electron chi connectivity index (χ1n) is 10.5. The van der Waals surface area contributed by atoms with Crippen molar-refractivity contribution in [2.75, 3.05) is 20.0 Å². The molecule has 0 saturated carbocycles. The summed E-state index contributed by atoms with van der Waals surface area (Å²) >= 11 is 8.08. The molecule has 0 aliphatic heterocycles. The van der Waals surface area contributed by atoms with E-state index in [4.69, 9.17) is 26.1 Å². The summed E-state index contributed by atoms with van der Waals surface area (Å²) in [7, 11) is 3.36. The highest BCUT2D eigenvalue weighted by molar-refractivity contribution is 8.13. The predicted octanol–water partition coefficient (Wildman–Crippen LogP) is 7.11. The van der Waals surface area contributed by atoms with E-state index >= 15 is 0 Å². The maximum absolute atomic E-state index is 6.36. The number of rotatable bonds is 8. The molecule has 0 amide bonds. The van der Waals surface area contributed by atoms with Crippen molar-refractivity contribution in [1.82, 2.24) is 4.90 Å². The highest BCUT2D eigenvalue weighted by Crippen LogP contribution is 2.26. The van der Waals surface area contributed by atoms with Crippen LogP contribution in [-0.2, 0) is 13.1 Å². The molecule has 0 N–H and O–H groups in total. The van der Waals surface area contributed by atoms with Crippen molar-refractivity contribution in [2.24, 2.45) is 4.99 Å². The summed E-state index contributed by atoms with van der Waals surface area (Å²) in [5.74, 6) is 2.61. The predicted molar refractivity (Wildman–Crippen MR) is 137 cm³/mol. The SMILES string of the molecule is CCSC(=Nc1ccc(C)c(Cl)c1)N(Cc1ccc(OC)cc1)Cc1ccc(OC)cc1. The molecule has 0 aliphatic rings. The van der Waals surface area contributed by atoms with Crippen LogP contribution in [0.25, 0.3) is 0 Å². The molecule has 3 aromatic carbocycles. The molecule has 6 heteroatoms. The van der Waals surface area contributed by atoms with Gasteiger partial charge in [-0.25, -0.2) is 4.99 Å². The number of aliphatic imine (C=N–C) groups is 1. The van der Waals surface area contributed by atoms with Crippen molar-refractivity contribution >= 4 is 34.2 Å². The van der Waals surface area contributed by atoms with Gasteiger partial charge in [0, 0.05) is 18.1 Å². The molecule has 3 rings (SSSR count). The fraction of sp³-hybridized carbons (Fsp3) is 0.269. The van der Waals surface area contributed by atoms with Crippen molar-refractivity contribution in [3.63, 3.8) is 0 Å². The van der Waals surface area contributed by atoms with Crippen LogP contribution < -0.4 is 9.47 Å². The number of aryl methyl sites for hydroxylation is 1. The Labute approximate surface area is 200 Å². The third kappa shape index (κ3) is 6.68. The quantitative estimate of drug-likeness (QED) is 0.260. The summed E-state index contributed by atoms with van der Waals surface area (Å²) in [4.78, 5) is 7.28. The van der Waals surface area contributed by atoms with E-state index in [0.717, 1.165) is 51.8 Å². The minimum atomic E-state index is 0.724. The van der Waals surface area contributed by atoms with Crippen LogP contribution in [0.3, 0.4) is 0 Å². The molecule has 0 saturated heterocycles. The van der Waals surface area contributed by atoms with Gasteiger partial charge in [-0.05, 0) is 65.8 Å². The summed E-state index contributed by atoms with van der Waals surface area (Å²) in [6, 6.07) is 22.3. The molecule has 0 unspecified atom stereocenters. The number of thioether (sulfide) groups is 1. The number of benzene rings is 3. The molecule has 0 spiro atoms. The average Bonchev–Trinajstić information content (AvgIpc) is 2.81. The maximum atomic E-state index is 6.36. The molecule has 0 aromatic heterocycles. The van der Waals surface area contributed by atoms with E-state index in [2.05, 4.69) is 36.1 Å². The Morgan fingerprint density at radius 2 is 1.41 bits per heavy atom. The molecule has 0 bridgehead atoms. The monoisotopic (exact) mass is 468 g/mol. The van der Waals surface area contributed by atoms with E-state index in [1.807, 2.05) is 49.4 Å². The van der Waals surface area contributed by atoms with Gasteiger partial charge in [-0.15, -0.1) is 0 Å². The van der Waals surface area contributed by atoms with Crippen LogP contribution in [0.1, 0.15) is 23.6 Å². The topological polar surface area (TPSA) is 34.1 Å². The van der Waals surface area contributed by atoms with E-state index in [9.17, 15) is 0 Å². The van der Waals surface area contributed by atoms with Gasteiger partial charge in [-0.3, -0.25) is 0 Å². The Balaban J connectivity index is 1.95. The molecular weight excluding hydrogens is 440 g/mol. The third-order valence-electron chi connectivity index (χ3n) is 4.99. The van der Waals surface area contributed by atoms with Crippen molar-refractivity contribution in [2.45, 2.75) is 26.9 Å². The Hall–Kier alpha value is -2.63. The molecule has 0 atom stereocenters. The first-order chi connectivity index (χ1) is 15.5. The third-order valence-corrected chi connectivity index (χ3v) is 6.29. The van der Waals surface area contributed by atoms with Crippen molar-refractivity contribution in [3.05, 3.63) is 88.4 Å². The minimum Gasteiger partial charge on any atom is -0.497 e. The van der Waals surface area contributed by atoms with Crippen molar-refractivity contribution in [1.29, 1.82) is 0 Å². The van der Waals surface area contributed by atoms with Gasteiger partial charge in [-0.1, -0.05) is 60.6 Å². The van der Waals surface area contributed by atoms with Gasteiger partial charge in [0.05, 0.1) is 19.9 Å². The average molecular weight is 469 g/mol. The van der Waals surface area contributed by atoms with Crippen LogP contribution in [0.15, 0.2) is 71.7 Å². The first kappa shape index (κ1) is 24.0. The molecule has 0 radical (unpaired) electrons. The highest BCUT2D eigenvalue weighted by atomic mass is 35.5. The van der Waals surface area contributed by atoms with Gasteiger partial charge in [0.25, 0.3) is 0 Å². The van der Waals surface area contributed by atoms with Gasteiger partial charge in [-0.2, -0.15) is 0 Å². The standard InChI is InChI=1S/C26H29ClN2O2S/c1-5-32-26(28-22-11-6-19(2)25(27)16-22)29(17-20-7-12-23(30-3)13-8-20)18-21-9-14-24(31-4)15-10-21/h6-16H,5,17-18H2,1-4H3. The molecule has 3 aromatic rings. The normalized spacial score (nSPS) is 11.3. The zero-order valence-electron chi connectivity index (χ0n) is 19.0. The van der Waals surface area contributed by atoms with E-state index in [0.29, 0.717) is 0 Å². The molecule has 0 fully saturated rings. The summed E-state index contributed by atoms with van der Waals surface area (Å²) in [6.45, 7) is 5.58. The molecule has 168 valence electrons. The molecule has 4 nitrogen and oxygen atoms in total. The molecule has 0 aliphatic carbocycles. The summed E-state index contributed by atoms with van der Waals surface area (Å²) in [5, 5.41) is 1.68. The first-order valence-corrected chi connectivity index (χ1v) is 11.9. The summed E-state index contributed by atoms with van der Waals surface area (Å²) in [5.41, 5.74) is 4.27. The number of amidine groups is 1. The lowest BCUT2D eigenvalue weighted by Gasteiger charge is -2.26. The fourth-order valence-corrected chi connectivity index (χ4v) is 4.09. The smallest absolute Gasteiger partial charge is 0.164 e. The summed E-state index contributed by atoms with van der Waals surface area (Å²) < 4.78 is 10.6. The van der Waals surface area contributed by atoms with Gasteiger partial charge < -0.3 is 14.4 Å². The largest absolute Gasteiger partial charge is 0.497 e. The van der Waals surface area contributed by atoms with E-state index < -0.39 is 0 Å². The van der Waals surface area contributed by atoms with Crippen molar-refractivity contribution in [3.8, 4) is 11.5 Å². The Kier molecular flexibility index (Phi) is 8.89.